The van der Waals surface area contributed by atoms with E-state index in [0.717, 1.165) is 12.8 Å². The predicted molar refractivity (Wildman–Crippen MR) is 177 cm³/mol. The van der Waals surface area contributed by atoms with Gasteiger partial charge in [-0.3, -0.25) is 19.2 Å². The average Bonchev–Trinajstić information content (AvgIpc) is 3.76. The third kappa shape index (κ3) is 9.03. The summed E-state index contributed by atoms with van der Waals surface area (Å²) in [6.07, 6.45) is -7.49. The summed E-state index contributed by atoms with van der Waals surface area (Å²) in [5.74, 6) is -9.40. The molecule has 6 atom stereocenters. The zero-order valence-electron chi connectivity index (χ0n) is 31.7. The van der Waals surface area contributed by atoms with E-state index in [9.17, 15) is 46.6 Å². The summed E-state index contributed by atoms with van der Waals surface area (Å²) in [6.45, 7) is 12.5. The molecule has 2 saturated heterocycles. The van der Waals surface area contributed by atoms with Crippen molar-refractivity contribution in [3.8, 4) is 0 Å². The molecular weight excluding hydrogens is 696 g/mol. The van der Waals surface area contributed by atoms with Crippen LogP contribution in [-0.2, 0) is 47.7 Å². The molecule has 3 rings (SSSR count). The first-order valence-electron chi connectivity index (χ1n) is 18.3. The Bertz CT molecular complexity index is 1340. The zero-order valence-corrected chi connectivity index (χ0v) is 31.7. The van der Waals surface area contributed by atoms with E-state index in [-0.39, 0.29) is 51.2 Å². The minimum absolute atomic E-state index is 0.00244. The van der Waals surface area contributed by atoms with Crippen LogP contribution in [0.15, 0.2) is 0 Å². The van der Waals surface area contributed by atoms with Crippen LogP contribution in [0.1, 0.15) is 132 Å². The van der Waals surface area contributed by atoms with Gasteiger partial charge in [0.1, 0.15) is 11.7 Å². The van der Waals surface area contributed by atoms with Crippen molar-refractivity contribution in [2.24, 2.45) is 27.6 Å². The smallest absolute Gasteiger partial charge is 0.448 e. The fourth-order valence-electron chi connectivity index (χ4n) is 7.94. The van der Waals surface area contributed by atoms with Gasteiger partial charge in [-0.2, -0.15) is 13.2 Å². The van der Waals surface area contributed by atoms with E-state index < -0.39 is 94.2 Å². The number of rotatable bonds is 17. The largest absolute Gasteiger partial charge is 0.465 e. The summed E-state index contributed by atoms with van der Waals surface area (Å²) >= 11 is 0. The molecule has 6 unspecified atom stereocenters. The lowest BCUT2D eigenvalue weighted by Gasteiger charge is -2.48. The molecule has 2 aliphatic heterocycles. The molecule has 11 nitrogen and oxygen atoms in total. The number of carbonyl (C=O) groups is 5. The number of ether oxygens (including phenoxy) is 5. The molecule has 2 heterocycles. The van der Waals surface area contributed by atoms with Gasteiger partial charge in [0.15, 0.2) is 0 Å². The van der Waals surface area contributed by atoms with E-state index >= 15 is 0 Å². The van der Waals surface area contributed by atoms with Gasteiger partial charge < -0.3 is 28.8 Å². The molecule has 0 bridgehead atoms. The fraction of sp³-hybridized carbons (Fsp3) is 0.865. The van der Waals surface area contributed by atoms with Crippen LogP contribution in [0.3, 0.4) is 0 Å². The summed E-state index contributed by atoms with van der Waals surface area (Å²) in [7, 11) is 0. The van der Waals surface area contributed by atoms with Crippen molar-refractivity contribution >= 4 is 29.8 Å². The zero-order chi connectivity index (χ0) is 39.6. The monoisotopic (exact) mass is 752 g/mol. The molecule has 52 heavy (non-hydrogen) atoms. The maximum atomic E-state index is 14.5. The van der Waals surface area contributed by atoms with Crippen molar-refractivity contribution in [3.63, 3.8) is 0 Å². The van der Waals surface area contributed by atoms with Gasteiger partial charge in [0.2, 0.25) is 6.10 Å². The lowest BCUT2D eigenvalue weighted by Crippen LogP contribution is -2.56. The van der Waals surface area contributed by atoms with Crippen LogP contribution >= 0.6 is 0 Å². The number of carbonyl (C=O) groups excluding carboxylic acids is 5. The lowest BCUT2D eigenvalue weighted by atomic mass is 9.53. The molecule has 1 aliphatic carbocycles. The highest BCUT2D eigenvalue weighted by Gasteiger charge is 2.67. The first-order chi connectivity index (χ1) is 23.8. The van der Waals surface area contributed by atoms with Crippen molar-refractivity contribution in [1.29, 1.82) is 0 Å². The molecular formula is C37H56F4O11. The quantitative estimate of drug-likeness (QED) is 0.0945. The third-order valence-corrected chi connectivity index (χ3v) is 11.5. The Kier molecular flexibility index (Phi) is 13.2. The molecule has 0 aromatic rings. The topological polar surface area (TPSA) is 152 Å². The predicted octanol–water partition coefficient (Wildman–Crippen LogP) is 6.84. The van der Waals surface area contributed by atoms with E-state index in [1.165, 1.54) is 20.8 Å². The number of hydrogen-bond donors (Lipinski definition) is 1. The van der Waals surface area contributed by atoms with Gasteiger partial charge in [-0.25, -0.2) is 9.18 Å². The van der Waals surface area contributed by atoms with Gasteiger partial charge in [-0.1, -0.05) is 27.7 Å². The summed E-state index contributed by atoms with van der Waals surface area (Å²) < 4.78 is 82.1. The first kappa shape index (κ1) is 43.4. The first-order valence-corrected chi connectivity index (χ1v) is 18.3. The molecule has 0 amide bonds. The van der Waals surface area contributed by atoms with E-state index in [1.807, 2.05) is 6.92 Å². The Hall–Kier alpha value is -2.97. The van der Waals surface area contributed by atoms with E-state index in [4.69, 9.17) is 23.7 Å². The average molecular weight is 753 g/mol. The Labute approximate surface area is 303 Å². The summed E-state index contributed by atoms with van der Waals surface area (Å²) in [4.78, 5) is 69.0. The standard InChI is InChI=1S/C37H56F4O11/c1-9-32(7,28(44)52-34(10-2)14-11-12-15-34)22-33(8,29(45)51-25-13-17-48-26(25)42)35(16-18-49-30(35)46)21-31(5,6)27(43)50-24(19-23(3)4)20-36(38,47)37(39,40)41/h23-25,47H,9-22H2,1-8H3. The van der Waals surface area contributed by atoms with Crippen LogP contribution in [0.2, 0.25) is 0 Å². The van der Waals surface area contributed by atoms with Crippen molar-refractivity contribution in [2.45, 2.75) is 162 Å². The van der Waals surface area contributed by atoms with Crippen LogP contribution in [0.25, 0.3) is 0 Å². The highest BCUT2D eigenvalue weighted by Crippen LogP contribution is 2.59. The second kappa shape index (κ2) is 15.8. The maximum Gasteiger partial charge on any atom is 0.448 e. The molecule has 0 spiro atoms. The highest BCUT2D eigenvalue weighted by atomic mass is 19.4. The fourth-order valence-corrected chi connectivity index (χ4v) is 7.94. The molecule has 1 saturated carbocycles. The van der Waals surface area contributed by atoms with Crippen LogP contribution in [0.4, 0.5) is 17.6 Å². The van der Waals surface area contributed by atoms with E-state index in [1.54, 1.807) is 27.7 Å². The number of hydrogen-bond acceptors (Lipinski definition) is 11. The Morgan fingerprint density at radius 1 is 0.923 bits per heavy atom. The second-order valence-corrected chi connectivity index (χ2v) is 16.6. The minimum Gasteiger partial charge on any atom is -0.465 e. The third-order valence-electron chi connectivity index (χ3n) is 11.5. The maximum absolute atomic E-state index is 14.5. The number of aliphatic hydroxyl groups is 1. The number of cyclic esters (lactones) is 2. The second-order valence-electron chi connectivity index (χ2n) is 16.6. The van der Waals surface area contributed by atoms with Crippen LogP contribution in [-0.4, -0.2) is 78.0 Å². The Morgan fingerprint density at radius 3 is 2.00 bits per heavy atom. The lowest BCUT2D eigenvalue weighted by molar-refractivity contribution is -0.323. The van der Waals surface area contributed by atoms with Gasteiger partial charge in [-0.15, -0.1) is 0 Å². The number of halogens is 4. The van der Waals surface area contributed by atoms with E-state index in [2.05, 4.69) is 0 Å². The molecule has 3 aliphatic rings. The van der Waals surface area contributed by atoms with Crippen molar-refractivity contribution in [3.05, 3.63) is 0 Å². The molecule has 15 heteroatoms. The van der Waals surface area contributed by atoms with Crippen molar-refractivity contribution < 1.29 is 70.3 Å². The number of esters is 5. The summed E-state index contributed by atoms with van der Waals surface area (Å²) in [5, 5.41) is 9.59. The summed E-state index contributed by atoms with van der Waals surface area (Å²) in [6, 6.07) is 0. The molecule has 0 aromatic heterocycles. The van der Waals surface area contributed by atoms with Crippen LogP contribution in [0.5, 0.6) is 0 Å². The normalized spacial score (nSPS) is 26.1. The van der Waals surface area contributed by atoms with Crippen LogP contribution in [0, 0.1) is 27.6 Å². The summed E-state index contributed by atoms with van der Waals surface area (Å²) in [5.41, 5.74) is -7.65. The van der Waals surface area contributed by atoms with Gasteiger partial charge in [0.25, 0.3) is 0 Å². The molecule has 0 radical (unpaired) electrons. The van der Waals surface area contributed by atoms with Crippen LogP contribution < -0.4 is 0 Å². The molecule has 298 valence electrons. The van der Waals surface area contributed by atoms with Gasteiger partial charge in [0, 0.05) is 6.42 Å². The Morgan fingerprint density at radius 2 is 1.54 bits per heavy atom. The van der Waals surface area contributed by atoms with Crippen molar-refractivity contribution in [2.75, 3.05) is 13.2 Å². The minimum atomic E-state index is -5.66. The van der Waals surface area contributed by atoms with Gasteiger partial charge in [-0.05, 0) is 97.8 Å². The van der Waals surface area contributed by atoms with E-state index in [0.29, 0.717) is 19.3 Å². The molecule has 1 N–H and O–H groups in total. The Balaban J connectivity index is 2.08. The van der Waals surface area contributed by atoms with Crippen molar-refractivity contribution in [1.82, 2.24) is 0 Å². The van der Waals surface area contributed by atoms with Gasteiger partial charge >= 0.3 is 41.9 Å². The van der Waals surface area contributed by atoms with Gasteiger partial charge in [0.05, 0.1) is 41.3 Å². The highest BCUT2D eigenvalue weighted by molar-refractivity contribution is 5.92. The SMILES string of the molecule is CCC1(OC(=O)C(C)(CC)CC(C)(C(=O)OC2CCOC2=O)C2(CC(C)(C)C(=O)OC(CC(C)C)CC(O)(F)C(F)(F)F)CCOC2=O)CCCC1. The molecule has 0 aromatic carbocycles. The molecule has 3 fully saturated rings. The number of alkyl halides is 4.